The normalized spacial score (nSPS) is 26.5. The molecule has 1 aromatic carbocycles. The number of carbonyl (C=O) groups is 1. The van der Waals surface area contributed by atoms with Crippen molar-refractivity contribution in [1.82, 2.24) is 0 Å². The number of aliphatic carboxylic acids is 1. The molecule has 18 heavy (non-hydrogen) atoms. The van der Waals surface area contributed by atoms with Crippen LogP contribution in [0.25, 0.3) is 0 Å². The number of hydrogen-bond acceptors (Lipinski definition) is 3. The molecule has 97 valence electrons. The number of carboxylic acids is 1. The van der Waals surface area contributed by atoms with Crippen LogP contribution in [0.15, 0.2) is 18.2 Å². The average Bonchev–Trinajstić information content (AvgIpc) is 2.31. The Hall–Kier alpha value is -1.62. The van der Waals surface area contributed by atoms with Gasteiger partial charge in [0.1, 0.15) is 11.4 Å². The van der Waals surface area contributed by atoms with Gasteiger partial charge in [0.2, 0.25) is 0 Å². The lowest BCUT2D eigenvalue weighted by Gasteiger charge is -2.34. The first-order valence-corrected chi connectivity index (χ1v) is 5.60. The summed E-state index contributed by atoms with van der Waals surface area (Å²) in [5.41, 5.74) is -0.695. The molecule has 0 saturated carbocycles. The van der Waals surface area contributed by atoms with Crippen LogP contribution in [0.5, 0.6) is 5.75 Å². The highest BCUT2D eigenvalue weighted by molar-refractivity contribution is 5.68. The Morgan fingerprint density at radius 2 is 2.33 bits per heavy atom. The van der Waals surface area contributed by atoms with Crippen LogP contribution in [0, 0.1) is 6.92 Å². The van der Waals surface area contributed by atoms with Crippen molar-refractivity contribution in [2.45, 2.75) is 24.6 Å². The Morgan fingerprint density at radius 3 is 3.00 bits per heavy atom. The monoisotopic (exact) mass is 253 g/mol. The van der Waals surface area contributed by atoms with Crippen LogP contribution >= 0.6 is 0 Å². The number of halogens is 1. The number of hydrogen-bond donors (Lipinski definition) is 2. The van der Waals surface area contributed by atoms with Gasteiger partial charge in [0.15, 0.2) is 12.8 Å². The number of fused-ring (bicyclic) bond motifs is 1. The van der Waals surface area contributed by atoms with Crippen LogP contribution in [-0.4, -0.2) is 28.4 Å². The molecule has 0 saturated heterocycles. The van der Waals surface area contributed by atoms with Gasteiger partial charge in [-0.25, -0.2) is 9.18 Å². The van der Waals surface area contributed by atoms with Crippen molar-refractivity contribution in [2.24, 2.45) is 0 Å². The second kappa shape index (κ2) is 4.57. The molecule has 1 aliphatic rings. The van der Waals surface area contributed by atoms with Gasteiger partial charge in [-0.2, -0.15) is 0 Å². The Labute approximate surface area is 104 Å². The molecule has 1 aromatic rings. The van der Waals surface area contributed by atoms with E-state index >= 15 is 0 Å². The molecule has 0 bridgehead atoms. The third-order valence-electron chi connectivity index (χ3n) is 3.07. The lowest BCUT2D eigenvalue weighted by Crippen LogP contribution is -2.35. The molecule has 4 nitrogen and oxygen atoms in total. The number of benzene rings is 1. The van der Waals surface area contributed by atoms with Gasteiger partial charge in [-0.05, 0) is 31.4 Å². The van der Waals surface area contributed by atoms with Gasteiger partial charge in [0, 0.05) is 5.56 Å². The van der Waals surface area contributed by atoms with Crippen molar-refractivity contribution in [1.29, 1.82) is 0 Å². The summed E-state index contributed by atoms with van der Waals surface area (Å²) in [7, 11) is 0. The standard InChI is InChI=1S/C13H14FO4/c1-13(17)6-5-8-9(12(13)14)3-2-4-10(8)18-7-11(15)16/h2-4,12,17H,1,5-7H2,(H,15,16). The number of ether oxygens (including phenoxy) is 1. The maximum absolute atomic E-state index is 14.0. The number of aliphatic hydroxyl groups is 1. The van der Waals surface area contributed by atoms with E-state index in [1.54, 1.807) is 18.2 Å². The molecule has 0 aromatic heterocycles. The van der Waals surface area contributed by atoms with E-state index in [4.69, 9.17) is 9.84 Å². The molecule has 2 N–H and O–H groups in total. The third kappa shape index (κ3) is 2.31. The van der Waals surface area contributed by atoms with Gasteiger partial charge in [0.05, 0.1) is 0 Å². The van der Waals surface area contributed by atoms with E-state index in [9.17, 15) is 14.3 Å². The van der Waals surface area contributed by atoms with Gasteiger partial charge in [-0.3, -0.25) is 0 Å². The van der Waals surface area contributed by atoms with Gasteiger partial charge in [0.25, 0.3) is 0 Å². The fourth-order valence-electron chi connectivity index (χ4n) is 2.12. The van der Waals surface area contributed by atoms with E-state index in [0.29, 0.717) is 23.3 Å². The van der Waals surface area contributed by atoms with Crippen molar-refractivity contribution in [3.63, 3.8) is 0 Å². The molecule has 0 heterocycles. The van der Waals surface area contributed by atoms with Gasteiger partial charge in [-0.15, -0.1) is 0 Å². The zero-order valence-corrected chi connectivity index (χ0v) is 9.73. The van der Waals surface area contributed by atoms with E-state index in [2.05, 4.69) is 6.92 Å². The molecule has 2 atom stereocenters. The highest BCUT2D eigenvalue weighted by Crippen LogP contribution is 2.42. The summed E-state index contributed by atoms with van der Waals surface area (Å²) in [5, 5.41) is 18.3. The van der Waals surface area contributed by atoms with Gasteiger partial charge < -0.3 is 14.9 Å². The Balaban J connectivity index is 2.31. The smallest absolute Gasteiger partial charge is 0.341 e. The highest BCUT2D eigenvalue weighted by atomic mass is 19.1. The first-order chi connectivity index (χ1) is 8.42. The van der Waals surface area contributed by atoms with E-state index in [1.807, 2.05) is 0 Å². The minimum atomic E-state index is -1.63. The molecule has 2 unspecified atom stereocenters. The summed E-state index contributed by atoms with van der Waals surface area (Å²) in [6.45, 7) is 2.99. The van der Waals surface area contributed by atoms with Crippen molar-refractivity contribution >= 4 is 5.97 Å². The van der Waals surface area contributed by atoms with E-state index in [1.165, 1.54) is 0 Å². The molecule has 5 heteroatoms. The fraction of sp³-hybridized carbons (Fsp3) is 0.385. The van der Waals surface area contributed by atoms with Crippen LogP contribution < -0.4 is 4.74 Å². The minimum absolute atomic E-state index is 0.175. The average molecular weight is 253 g/mol. The van der Waals surface area contributed by atoms with Crippen molar-refractivity contribution < 1.29 is 24.1 Å². The second-order valence-electron chi connectivity index (χ2n) is 4.47. The van der Waals surface area contributed by atoms with E-state index in [0.717, 1.165) is 0 Å². The van der Waals surface area contributed by atoms with Crippen LogP contribution in [0.1, 0.15) is 23.7 Å². The van der Waals surface area contributed by atoms with E-state index in [-0.39, 0.29) is 6.42 Å². The second-order valence-corrected chi connectivity index (χ2v) is 4.47. The molecule has 0 aliphatic heterocycles. The summed E-state index contributed by atoms with van der Waals surface area (Å²) in [6.07, 6.45) is -1.00. The quantitative estimate of drug-likeness (QED) is 0.860. The fourth-order valence-corrected chi connectivity index (χ4v) is 2.12. The largest absolute Gasteiger partial charge is 0.482 e. The van der Waals surface area contributed by atoms with E-state index < -0.39 is 24.3 Å². The summed E-state index contributed by atoms with van der Waals surface area (Å²) in [5.74, 6) is -0.734. The lowest BCUT2D eigenvalue weighted by atomic mass is 9.80. The van der Waals surface area contributed by atoms with Crippen molar-refractivity contribution in [2.75, 3.05) is 6.61 Å². The minimum Gasteiger partial charge on any atom is -0.482 e. The SMILES string of the molecule is [CH2]C1(O)CCc2c(OCC(=O)O)cccc2C1F. The first-order valence-electron chi connectivity index (χ1n) is 5.60. The molecule has 1 aliphatic carbocycles. The molecule has 1 radical (unpaired) electrons. The Bertz CT molecular complexity index is 470. The van der Waals surface area contributed by atoms with Gasteiger partial charge >= 0.3 is 5.97 Å². The Morgan fingerprint density at radius 1 is 1.61 bits per heavy atom. The summed E-state index contributed by atoms with van der Waals surface area (Å²) in [6, 6.07) is 4.73. The molecule has 2 rings (SSSR count). The first kappa shape index (κ1) is 12.8. The molecular weight excluding hydrogens is 239 g/mol. The zero-order chi connectivity index (χ0) is 13.3. The Kier molecular flexibility index (Phi) is 3.26. The lowest BCUT2D eigenvalue weighted by molar-refractivity contribution is -0.139. The van der Waals surface area contributed by atoms with Crippen LogP contribution in [0.3, 0.4) is 0 Å². The predicted molar refractivity (Wildman–Crippen MR) is 62.0 cm³/mol. The number of alkyl halides is 1. The maximum Gasteiger partial charge on any atom is 0.341 e. The van der Waals surface area contributed by atoms with Crippen molar-refractivity contribution in [3.8, 4) is 5.75 Å². The summed E-state index contributed by atoms with van der Waals surface area (Å²) in [4.78, 5) is 10.5. The molecule has 0 fully saturated rings. The van der Waals surface area contributed by atoms with Crippen LogP contribution in [-0.2, 0) is 11.2 Å². The van der Waals surface area contributed by atoms with Crippen LogP contribution in [0.4, 0.5) is 4.39 Å². The molecule has 0 spiro atoms. The molecule has 0 amide bonds. The van der Waals surface area contributed by atoms with Gasteiger partial charge in [-0.1, -0.05) is 12.1 Å². The topological polar surface area (TPSA) is 66.8 Å². The van der Waals surface area contributed by atoms with Crippen LogP contribution in [0.2, 0.25) is 0 Å². The number of rotatable bonds is 3. The zero-order valence-electron chi connectivity index (χ0n) is 9.73. The maximum atomic E-state index is 14.0. The third-order valence-corrected chi connectivity index (χ3v) is 3.07. The molecular formula is C13H14FO4. The highest BCUT2D eigenvalue weighted by Gasteiger charge is 2.39. The number of carboxylic acid groups (broad SMARTS) is 1. The summed E-state index contributed by atoms with van der Waals surface area (Å²) >= 11 is 0. The summed E-state index contributed by atoms with van der Waals surface area (Å²) < 4.78 is 19.2. The predicted octanol–water partition coefficient (Wildman–Crippen LogP) is 1.67. The van der Waals surface area contributed by atoms with Crippen molar-refractivity contribution in [3.05, 3.63) is 36.2 Å².